The van der Waals surface area contributed by atoms with Crippen LogP contribution in [0.3, 0.4) is 0 Å². The van der Waals surface area contributed by atoms with Gasteiger partial charge < -0.3 is 14.9 Å². The molecule has 0 spiro atoms. The first-order valence-corrected chi connectivity index (χ1v) is 6.72. The lowest BCUT2D eigenvalue weighted by atomic mass is 9.89. The third-order valence-corrected chi connectivity index (χ3v) is 3.69. The largest absolute Gasteiger partial charge is 0.354 e. The van der Waals surface area contributed by atoms with Gasteiger partial charge in [0.15, 0.2) is 0 Å². The molecule has 2 N–H and O–H groups in total. The van der Waals surface area contributed by atoms with E-state index < -0.39 is 0 Å². The molecule has 0 aromatic carbocycles. The Kier molecular flexibility index (Phi) is 3.35. The van der Waals surface area contributed by atoms with Gasteiger partial charge >= 0.3 is 0 Å². The van der Waals surface area contributed by atoms with Gasteiger partial charge in [0, 0.05) is 43.5 Å². The summed E-state index contributed by atoms with van der Waals surface area (Å²) >= 11 is 0. The van der Waals surface area contributed by atoms with Gasteiger partial charge in [-0.3, -0.25) is 4.79 Å². The second-order valence-corrected chi connectivity index (χ2v) is 4.98. The van der Waals surface area contributed by atoms with E-state index in [2.05, 4.69) is 19.9 Å². The predicted octanol–water partition coefficient (Wildman–Crippen LogP) is 1.13. The Morgan fingerprint density at radius 1 is 1.47 bits per heavy atom. The first-order valence-electron chi connectivity index (χ1n) is 6.72. The highest BCUT2D eigenvalue weighted by Crippen LogP contribution is 2.22. The molecule has 0 fully saturated rings. The average Bonchev–Trinajstić information content (AvgIpc) is 3.08. The minimum atomic E-state index is 0.0811. The second kappa shape index (κ2) is 5.30. The van der Waals surface area contributed by atoms with Gasteiger partial charge in [-0.15, -0.1) is 0 Å². The fourth-order valence-electron chi connectivity index (χ4n) is 2.60. The first-order chi connectivity index (χ1) is 9.33. The summed E-state index contributed by atoms with van der Waals surface area (Å²) in [5.41, 5.74) is 2.24. The fourth-order valence-corrected chi connectivity index (χ4v) is 2.60. The minimum absolute atomic E-state index is 0.0811. The molecule has 5 heteroatoms. The minimum Gasteiger partial charge on any atom is -0.354 e. The lowest BCUT2D eigenvalue weighted by molar-refractivity contribution is -0.125. The van der Waals surface area contributed by atoms with E-state index in [0.717, 1.165) is 37.2 Å². The van der Waals surface area contributed by atoms with E-state index in [4.69, 9.17) is 0 Å². The molecule has 19 heavy (non-hydrogen) atoms. The van der Waals surface area contributed by atoms with Gasteiger partial charge in [-0.05, 0) is 25.0 Å². The summed E-state index contributed by atoms with van der Waals surface area (Å²) in [4.78, 5) is 19.5. The molecule has 0 bridgehead atoms. The summed E-state index contributed by atoms with van der Waals surface area (Å²) in [6, 6.07) is 3.98. The zero-order valence-electron chi connectivity index (χ0n) is 10.8. The van der Waals surface area contributed by atoms with Crippen LogP contribution in [0.25, 0.3) is 0 Å². The number of fused-ring (bicyclic) bond motifs is 1. The number of H-pyrrole nitrogens is 1. The smallest absolute Gasteiger partial charge is 0.223 e. The molecule has 1 amide bonds. The molecule has 0 radical (unpaired) electrons. The van der Waals surface area contributed by atoms with Crippen LogP contribution in [0.2, 0.25) is 0 Å². The van der Waals surface area contributed by atoms with Crippen molar-refractivity contribution in [1.82, 2.24) is 19.9 Å². The number of hydrogen-bond donors (Lipinski definition) is 2. The van der Waals surface area contributed by atoms with Crippen molar-refractivity contribution in [2.75, 3.05) is 6.54 Å². The highest BCUT2D eigenvalue weighted by Gasteiger charge is 2.25. The Bertz CT molecular complexity index is 544. The van der Waals surface area contributed by atoms with Crippen LogP contribution in [-0.4, -0.2) is 27.0 Å². The first kappa shape index (κ1) is 12.0. The van der Waals surface area contributed by atoms with Crippen molar-refractivity contribution in [2.24, 2.45) is 5.92 Å². The number of aromatic nitrogens is 3. The lowest BCUT2D eigenvalue weighted by Gasteiger charge is -2.20. The zero-order chi connectivity index (χ0) is 13.1. The van der Waals surface area contributed by atoms with E-state index in [1.165, 1.54) is 0 Å². The monoisotopic (exact) mass is 258 g/mol. The molecule has 1 aliphatic rings. The fraction of sp³-hybridized carbons (Fsp3) is 0.429. The number of rotatable bonds is 4. The van der Waals surface area contributed by atoms with Crippen molar-refractivity contribution >= 4 is 5.91 Å². The normalized spacial score (nSPS) is 18.0. The van der Waals surface area contributed by atoms with Crippen molar-refractivity contribution in [2.45, 2.75) is 25.8 Å². The molecule has 1 unspecified atom stereocenters. The maximum Gasteiger partial charge on any atom is 0.223 e. The highest BCUT2D eigenvalue weighted by molar-refractivity contribution is 5.79. The number of imidazole rings is 1. The van der Waals surface area contributed by atoms with Crippen molar-refractivity contribution in [3.05, 3.63) is 42.2 Å². The molecule has 2 aromatic heterocycles. The van der Waals surface area contributed by atoms with Crippen LogP contribution in [0.4, 0.5) is 0 Å². The zero-order valence-corrected chi connectivity index (χ0v) is 10.8. The van der Waals surface area contributed by atoms with Crippen LogP contribution >= 0.6 is 0 Å². The van der Waals surface area contributed by atoms with Crippen LogP contribution in [-0.2, 0) is 24.2 Å². The van der Waals surface area contributed by atoms with Crippen LogP contribution in [0.15, 0.2) is 30.9 Å². The number of nitrogens with zero attached hydrogens (tertiary/aromatic N) is 2. The molecule has 1 aliphatic carbocycles. The van der Waals surface area contributed by atoms with Gasteiger partial charge in [0.05, 0.1) is 12.0 Å². The van der Waals surface area contributed by atoms with E-state index in [0.29, 0.717) is 6.54 Å². The van der Waals surface area contributed by atoms with Crippen molar-refractivity contribution in [1.29, 1.82) is 0 Å². The number of nitrogens with one attached hydrogen (secondary N) is 2. The van der Waals surface area contributed by atoms with Crippen LogP contribution < -0.4 is 5.32 Å². The van der Waals surface area contributed by atoms with Crippen LogP contribution in [0.1, 0.15) is 17.8 Å². The van der Waals surface area contributed by atoms with E-state index >= 15 is 0 Å². The van der Waals surface area contributed by atoms with Gasteiger partial charge in [-0.1, -0.05) is 0 Å². The third kappa shape index (κ3) is 2.70. The summed E-state index contributed by atoms with van der Waals surface area (Å²) in [5.74, 6) is 0.241. The maximum absolute atomic E-state index is 12.1. The summed E-state index contributed by atoms with van der Waals surface area (Å²) in [5, 5.41) is 3.02. The average molecular weight is 258 g/mol. The quantitative estimate of drug-likeness (QED) is 0.863. The van der Waals surface area contributed by atoms with Gasteiger partial charge in [0.25, 0.3) is 0 Å². The lowest BCUT2D eigenvalue weighted by Crippen LogP contribution is -2.35. The Morgan fingerprint density at radius 3 is 3.16 bits per heavy atom. The van der Waals surface area contributed by atoms with Gasteiger partial charge in [0.2, 0.25) is 5.91 Å². The summed E-state index contributed by atoms with van der Waals surface area (Å²) in [6.45, 7) is 1.50. The van der Waals surface area contributed by atoms with Gasteiger partial charge in [-0.2, -0.15) is 0 Å². The van der Waals surface area contributed by atoms with E-state index in [1.54, 1.807) is 6.33 Å². The number of amides is 1. The SMILES string of the molecule is O=C(NCCn1cccc1)C1CCc2nc[nH]c2C1. The number of aromatic amines is 1. The molecule has 2 heterocycles. The van der Waals surface area contributed by atoms with Crippen LogP contribution in [0, 0.1) is 5.92 Å². The number of hydrogen-bond acceptors (Lipinski definition) is 2. The van der Waals surface area contributed by atoms with Crippen molar-refractivity contribution in [3.8, 4) is 0 Å². The standard InChI is InChI=1S/C14H18N4O/c19-14(15-5-8-18-6-1-2-7-18)11-3-4-12-13(9-11)17-10-16-12/h1-2,6-7,10-11H,3-5,8-9H2,(H,15,19)(H,16,17). The Labute approximate surface area is 112 Å². The van der Waals surface area contributed by atoms with Gasteiger partial charge in [-0.25, -0.2) is 4.98 Å². The van der Waals surface area contributed by atoms with Gasteiger partial charge in [0.1, 0.15) is 0 Å². The van der Waals surface area contributed by atoms with Crippen LogP contribution in [0.5, 0.6) is 0 Å². The molecular formula is C14H18N4O. The summed E-state index contributed by atoms with van der Waals surface area (Å²) < 4.78 is 2.06. The second-order valence-electron chi connectivity index (χ2n) is 4.98. The molecule has 0 saturated heterocycles. The molecule has 5 nitrogen and oxygen atoms in total. The molecule has 3 rings (SSSR count). The third-order valence-electron chi connectivity index (χ3n) is 3.69. The summed E-state index contributed by atoms with van der Waals surface area (Å²) in [7, 11) is 0. The number of carbonyl (C=O) groups is 1. The molecule has 100 valence electrons. The van der Waals surface area contributed by atoms with E-state index in [-0.39, 0.29) is 11.8 Å². The van der Waals surface area contributed by atoms with E-state index in [9.17, 15) is 4.79 Å². The Morgan fingerprint density at radius 2 is 2.32 bits per heavy atom. The van der Waals surface area contributed by atoms with Crippen molar-refractivity contribution in [3.63, 3.8) is 0 Å². The molecule has 2 aromatic rings. The molecular weight excluding hydrogens is 240 g/mol. The highest BCUT2D eigenvalue weighted by atomic mass is 16.1. The number of carbonyl (C=O) groups excluding carboxylic acids is 1. The Balaban J connectivity index is 1.49. The molecule has 0 saturated carbocycles. The van der Waals surface area contributed by atoms with E-state index in [1.807, 2.05) is 24.5 Å². The number of aryl methyl sites for hydroxylation is 1. The van der Waals surface area contributed by atoms with Crippen molar-refractivity contribution < 1.29 is 4.79 Å². The molecule has 1 atom stereocenters. The molecule has 0 aliphatic heterocycles. The maximum atomic E-state index is 12.1. The topological polar surface area (TPSA) is 62.7 Å². The predicted molar refractivity (Wildman–Crippen MR) is 71.5 cm³/mol. The summed E-state index contributed by atoms with van der Waals surface area (Å²) in [6.07, 6.45) is 8.30. The Hall–Kier alpha value is -2.04.